The predicted molar refractivity (Wildman–Crippen MR) is 79.9 cm³/mol. The second-order valence-electron chi connectivity index (χ2n) is 3.49. The predicted octanol–water partition coefficient (Wildman–Crippen LogP) is 3.77. The standard InChI is InChI=1S/C12H9Cl2N3S/c13-7-3-1-4-8(14)11(7)17-10-6-2-5-9(16-10)12(15)18/h1-6H,(H2,15,18)(H,16,17). The van der Waals surface area contributed by atoms with Crippen LogP contribution in [0.4, 0.5) is 11.5 Å². The molecule has 0 aliphatic carbocycles. The van der Waals surface area contributed by atoms with Gasteiger partial charge in [0.05, 0.1) is 21.4 Å². The molecule has 0 amide bonds. The fourth-order valence-electron chi connectivity index (χ4n) is 1.39. The number of thiocarbonyl (C=S) groups is 1. The van der Waals surface area contributed by atoms with Crippen LogP contribution in [-0.4, -0.2) is 9.97 Å². The van der Waals surface area contributed by atoms with Gasteiger partial charge in [0.1, 0.15) is 10.8 Å². The number of halogens is 2. The van der Waals surface area contributed by atoms with Gasteiger partial charge in [-0.1, -0.05) is 47.6 Å². The summed E-state index contributed by atoms with van der Waals surface area (Å²) in [6.45, 7) is 0. The molecule has 0 unspecified atom stereocenters. The first kappa shape index (κ1) is 13.1. The highest BCUT2D eigenvalue weighted by molar-refractivity contribution is 7.80. The molecule has 0 bridgehead atoms. The number of anilines is 2. The van der Waals surface area contributed by atoms with Gasteiger partial charge in [-0.25, -0.2) is 4.98 Å². The lowest BCUT2D eigenvalue weighted by molar-refractivity contribution is 1.28. The quantitative estimate of drug-likeness (QED) is 0.847. The summed E-state index contributed by atoms with van der Waals surface area (Å²) in [5.41, 5.74) is 6.67. The van der Waals surface area contributed by atoms with E-state index in [0.717, 1.165) is 0 Å². The number of aromatic nitrogens is 1. The van der Waals surface area contributed by atoms with Gasteiger partial charge in [-0.15, -0.1) is 0 Å². The van der Waals surface area contributed by atoms with Crippen LogP contribution in [0.5, 0.6) is 0 Å². The van der Waals surface area contributed by atoms with E-state index in [0.29, 0.717) is 27.2 Å². The van der Waals surface area contributed by atoms with Crippen molar-refractivity contribution in [3.05, 3.63) is 52.1 Å². The van der Waals surface area contributed by atoms with Crippen LogP contribution in [0.15, 0.2) is 36.4 Å². The molecule has 0 aliphatic heterocycles. The molecular formula is C12H9Cl2N3S. The Balaban J connectivity index is 2.34. The molecule has 3 nitrogen and oxygen atoms in total. The zero-order valence-corrected chi connectivity index (χ0v) is 11.5. The molecule has 0 spiro atoms. The Labute approximate surface area is 120 Å². The first-order valence-electron chi connectivity index (χ1n) is 5.06. The van der Waals surface area contributed by atoms with E-state index in [1.54, 1.807) is 36.4 Å². The lowest BCUT2D eigenvalue weighted by atomic mass is 10.3. The second kappa shape index (κ2) is 5.52. The zero-order valence-electron chi connectivity index (χ0n) is 9.15. The van der Waals surface area contributed by atoms with Crippen LogP contribution < -0.4 is 11.1 Å². The number of benzene rings is 1. The van der Waals surface area contributed by atoms with Crippen LogP contribution >= 0.6 is 35.4 Å². The molecule has 0 radical (unpaired) electrons. The van der Waals surface area contributed by atoms with Gasteiger partial charge in [-0.3, -0.25) is 0 Å². The third-order valence-corrected chi connectivity index (χ3v) is 3.06. The maximum atomic E-state index is 6.06. The maximum Gasteiger partial charge on any atom is 0.131 e. The van der Waals surface area contributed by atoms with E-state index in [-0.39, 0.29) is 4.99 Å². The number of rotatable bonds is 3. The number of nitrogens with one attached hydrogen (secondary N) is 1. The van der Waals surface area contributed by atoms with Gasteiger partial charge in [0.15, 0.2) is 0 Å². The van der Waals surface area contributed by atoms with Crippen molar-refractivity contribution in [2.45, 2.75) is 0 Å². The van der Waals surface area contributed by atoms with Crippen molar-refractivity contribution in [1.29, 1.82) is 0 Å². The first-order valence-corrected chi connectivity index (χ1v) is 6.22. The van der Waals surface area contributed by atoms with Gasteiger partial charge < -0.3 is 11.1 Å². The maximum absolute atomic E-state index is 6.06. The number of para-hydroxylation sites is 1. The fourth-order valence-corrected chi connectivity index (χ4v) is 1.99. The van der Waals surface area contributed by atoms with Gasteiger partial charge in [-0.05, 0) is 24.3 Å². The van der Waals surface area contributed by atoms with Crippen molar-refractivity contribution in [2.24, 2.45) is 5.73 Å². The summed E-state index contributed by atoms with van der Waals surface area (Å²) >= 11 is 17.0. The molecule has 6 heteroatoms. The summed E-state index contributed by atoms with van der Waals surface area (Å²) in [6.07, 6.45) is 0. The highest BCUT2D eigenvalue weighted by atomic mass is 35.5. The van der Waals surface area contributed by atoms with E-state index in [1.165, 1.54) is 0 Å². The SMILES string of the molecule is NC(=S)c1cccc(Nc2c(Cl)cccc2Cl)n1. The van der Waals surface area contributed by atoms with Gasteiger partial charge in [-0.2, -0.15) is 0 Å². The minimum atomic E-state index is 0.240. The molecule has 0 atom stereocenters. The van der Waals surface area contributed by atoms with Crippen molar-refractivity contribution in [3.8, 4) is 0 Å². The number of nitrogens with two attached hydrogens (primary N) is 1. The molecule has 0 aliphatic rings. The summed E-state index contributed by atoms with van der Waals surface area (Å²) < 4.78 is 0. The Bertz CT molecular complexity index is 581. The molecule has 2 rings (SSSR count). The molecule has 2 aromatic rings. The smallest absolute Gasteiger partial charge is 0.131 e. The summed E-state index contributed by atoms with van der Waals surface area (Å²) in [4.78, 5) is 4.49. The number of hydrogen-bond acceptors (Lipinski definition) is 3. The Hall–Kier alpha value is -1.36. The van der Waals surface area contributed by atoms with E-state index >= 15 is 0 Å². The average Bonchev–Trinajstić information content (AvgIpc) is 2.34. The Morgan fingerprint density at radius 3 is 2.33 bits per heavy atom. The topological polar surface area (TPSA) is 50.9 Å². The van der Waals surface area contributed by atoms with Crippen molar-refractivity contribution in [1.82, 2.24) is 4.98 Å². The Morgan fingerprint density at radius 2 is 1.72 bits per heavy atom. The molecule has 18 heavy (non-hydrogen) atoms. The van der Waals surface area contributed by atoms with Crippen molar-refractivity contribution in [3.63, 3.8) is 0 Å². The Kier molecular flexibility index (Phi) is 4.01. The molecule has 3 N–H and O–H groups in total. The van der Waals surface area contributed by atoms with E-state index in [2.05, 4.69) is 10.3 Å². The average molecular weight is 298 g/mol. The summed E-state index contributed by atoms with van der Waals surface area (Å²) in [7, 11) is 0. The van der Waals surface area contributed by atoms with E-state index in [9.17, 15) is 0 Å². The zero-order chi connectivity index (χ0) is 13.1. The molecule has 1 heterocycles. The van der Waals surface area contributed by atoms with Crippen LogP contribution in [-0.2, 0) is 0 Å². The van der Waals surface area contributed by atoms with Crippen molar-refractivity contribution in [2.75, 3.05) is 5.32 Å². The first-order chi connectivity index (χ1) is 8.58. The highest BCUT2D eigenvalue weighted by Gasteiger charge is 2.07. The Morgan fingerprint density at radius 1 is 1.11 bits per heavy atom. The monoisotopic (exact) mass is 297 g/mol. The third kappa shape index (κ3) is 2.90. The van der Waals surface area contributed by atoms with E-state index in [1.807, 2.05) is 0 Å². The highest BCUT2D eigenvalue weighted by Crippen LogP contribution is 2.31. The summed E-state index contributed by atoms with van der Waals surface area (Å²) in [5.74, 6) is 0.579. The number of nitrogens with zero attached hydrogens (tertiary/aromatic N) is 1. The van der Waals surface area contributed by atoms with Gasteiger partial charge >= 0.3 is 0 Å². The minimum absolute atomic E-state index is 0.240. The van der Waals surface area contributed by atoms with E-state index < -0.39 is 0 Å². The molecule has 92 valence electrons. The van der Waals surface area contributed by atoms with Gasteiger partial charge in [0, 0.05) is 0 Å². The summed E-state index contributed by atoms with van der Waals surface area (Å²) in [5, 5.41) is 4.08. The summed E-state index contributed by atoms with van der Waals surface area (Å²) in [6, 6.07) is 10.6. The van der Waals surface area contributed by atoms with Crippen LogP contribution in [0.25, 0.3) is 0 Å². The molecule has 0 fully saturated rings. The normalized spacial score (nSPS) is 10.1. The van der Waals surface area contributed by atoms with Crippen LogP contribution in [0.2, 0.25) is 10.0 Å². The molecule has 0 saturated carbocycles. The van der Waals surface area contributed by atoms with Gasteiger partial charge in [0.25, 0.3) is 0 Å². The molecule has 1 aromatic carbocycles. The fraction of sp³-hybridized carbons (Fsp3) is 0. The van der Waals surface area contributed by atoms with E-state index in [4.69, 9.17) is 41.2 Å². The minimum Gasteiger partial charge on any atom is -0.388 e. The van der Waals surface area contributed by atoms with Crippen LogP contribution in [0.3, 0.4) is 0 Å². The van der Waals surface area contributed by atoms with Crippen LogP contribution in [0.1, 0.15) is 5.69 Å². The molecule has 0 saturated heterocycles. The number of hydrogen-bond donors (Lipinski definition) is 2. The number of pyridine rings is 1. The second-order valence-corrected chi connectivity index (χ2v) is 4.75. The van der Waals surface area contributed by atoms with Crippen LogP contribution in [0, 0.1) is 0 Å². The molecule has 1 aromatic heterocycles. The third-order valence-electron chi connectivity index (χ3n) is 2.22. The molecular weight excluding hydrogens is 289 g/mol. The van der Waals surface area contributed by atoms with Gasteiger partial charge in [0.2, 0.25) is 0 Å². The van der Waals surface area contributed by atoms with Crippen molar-refractivity contribution >= 4 is 51.9 Å². The lowest BCUT2D eigenvalue weighted by Crippen LogP contribution is -2.12. The lowest BCUT2D eigenvalue weighted by Gasteiger charge is -2.10. The largest absolute Gasteiger partial charge is 0.388 e. The van der Waals surface area contributed by atoms with Crippen molar-refractivity contribution < 1.29 is 0 Å².